The maximum absolute atomic E-state index is 13.3. The third-order valence-corrected chi connectivity index (χ3v) is 3.82. The Morgan fingerprint density at radius 2 is 1.53 bits per heavy atom. The molecule has 0 aliphatic heterocycles. The van der Waals surface area contributed by atoms with Gasteiger partial charge in [0.2, 0.25) is 0 Å². The molecule has 0 radical (unpaired) electrons. The average Bonchev–Trinajstić information content (AvgIpc) is 2.24. The lowest BCUT2D eigenvalue weighted by Crippen LogP contribution is -2.06. The van der Waals surface area contributed by atoms with Crippen molar-refractivity contribution in [3.8, 4) is 0 Å². The molecule has 0 N–H and O–H groups in total. The summed E-state index contributed by atoms with van der Waals surface area (Å²) in [6.07, 6.45) is 0.739. The zero-order valence-corrected chi connectivity index (χ0v) is 10.2. The van der Waals surface area contributed by atoms with Crippen LogP contribution in [0.2, 0.25) is 0 Å². The largest absolute Gasteiger partial charge is 0.203 e. The summed E-state index contributed by atoms with van der Waals surface area (Å²) in [7, 11) is 0. The van der Waals surface area contributed by atoms with E-state index in [2.05, 4.69) is 4.51 Å². The van der Waals surface area contributed by atoms with Gasteiger partial charge in [0.1, 0.15) is 0 Å². The summed E-state index contributed by atoms with van der Waals surface area (Å²) >= 11 is -1.06. The summed E-state index contributed by atoms with van der Waals surface area (Å²) in [5.74, 6) is -6.00. The highest BCUT2D eigenvalue weighted by molar-refractivity contribution is 14.2. The molecule has 0 unspecified atom stereocenters. The highest BCUT2D eigenvalue weighted by Crippen LogP contribution is 2.28. The molecule has 0 bridgehead atoms. The molecule has 15 heavy (non-hydrogen) atoms. The van der Waals surface area contributed by atoms with Crippen molar-refractivity contribution in [2.45, 2.75) is 19.8 Å². The van der Waals surface area contributed by atoms with E-state index < -0.39 is 44.0 Å². The molecule has 0 aromatic heterocycles. The predicted octanol–water partition coefficient (Wildman–Crippen LogP) is 3.77. The van der Waals surface area contributed by atoms with Crippen LogP contribution >= 0.6 is 20.7 Å². The van der Waals surface area contributed by atoms with Gasteiger partial charge in [-0.2, -0.15) is 0 Å². The summed E-state index contributed by atoms with van der Waals surface area (Å²) in [5.41, 5.74) is -0.0586. The van der Waals surface area contributed by atoms with Crippen LogP contribution in [0.1, 0.15) is 18.9 Å². The van der Waals surface area contributed by atoms with Crippen LogP contribution in [-0.2, 0) is 6.42 Å². The first-order valence-corrected chi connectivity index (χ1v) is 6.88. The van der Waals surface area contributed by atoms with Gasteiger partial charge in [0, 0.05) is 5.56 Å². The Morgan fingerprint density at radius 3 is 2.00 bits per heavy atom. The van der Waals surface area contributed by atoms with Crippen LogP contribution in [0.4, 0.5) is 17.6 Å². The molecule has 0 atom stereocenters. The van der Waals surface area contributed by atoms with Crippen molar-refractivity contribution in [2.24, 2.45) is 0 Å². The first-order chi connectivity index (χ1) is 7.04. The second-order valence-corrected chi connectivity index (χ2v) is 4.77. The van der Waals surface area contributed by atoms with E-state index in [4.69, 9.17) is 0 Å². The number of halogens is 5. The predicted molar refractivity (Wildman–Crippen MR) is 60.1 cm³/mol. The molecule has 84 valence electrons. The topological polar surface area (TPSA) is 0 Å². The fourth-order valence-electron chi connectivity index (χ4n) is 1.26. The lowest BCUT2D eigenvalue weighted by Gasteiger charge is -2.09. The summed E-state index contributed by atoms with van der Waals surface area (Å²) in [6, 6.07) is 0. The van der Waals surface area contributed by atoms with Crippen molar-refractivity contribution in [3.05, 3.63) is 32.4 Å². The molecule has 0 nitrogen and oxygen atoms in total. The molecule has 0 aliphatic rings. The van der Waals surface area contributed by atoms with Crippen LogP contribution in [0.3, 0.4) is 0 Å². The Morgan fingerprint density at radius 1 is 1.00 bits per heavy atom. The van der Waals surface area contributed by atoms with Crippen molar-refractivity contribution >= 4 is 25.2 Å². The number of hydrogen-bond donors (Lipinski definition) is 0. The van der Waals surface area contributed by atoms with E-state index in [-0.39, 0.29) is 15.6 Å². The van der Waals surface area contributed by atoms with Crippen molar-refractivity contribution < 1.29 is 17.6 Å². The number of rotatable bonds is 3. The first-order valence-electron chi connectivity index (χ1n) is 4.27. The first kappa shape index (κ1) is 12.6. The van der Waals surface area contributed by atoms with Crippen molar-refractivity contribution in [3.63, 3.8) is 0 Å². The summed E-state index contributed by atoms with van der Waals surface area (Å²) in [5, 5.41) is 0. The molecule has 1 aromatic rings. The summed E-state index contributed by atoms with van der Waals surface area (Å²) in [6.45, 7) is 1.75. The van der Waals surface area contributed by atoms with Gasteiger partial charge in [0.05, 0.1) is 3.57 Å². The molecule has 0 amide bonds. The molecule has 0 aliphatic carbocycles. The van der Waals surface area contributed by atoms with Gasteiger partial charge >= 0.3 is 0 Å². The fraction of sp³-hybridized carbons (Fsp3) is 0.300. The van der Waals surface area contributed by atoms with E-state index in [9.17, 15) is 17.6 Å². The second-order valence-electron chi connectivity index (χ2n) is 2.93. The van der Waals surface area contributed by atoms with E-state index in [1.165, 1.54) is 0 Å². The minimum Gasteiger partial charge on any atom is -0.203 e. The molecular weight excluding hydrogens is 323 g/mol. The van der Waals surface area contributed by atoms with Gasteiger partial charge in [-0.3, -0.25) is 0 Å². The molecule has 0 heterocycles. The zero-order valence-electron chi connectivity index (χ0n) is 8.01. The molecule has 0 saturated carbocycles. The van der Waals surface area contributed by atoms with Gasteiger partial charge in [-0.25, -0.2) is 17.6 Å². The summed E-state index contributed by atoms with van der Waals surface area (Å²) in [4.78, 5) is 0. The highest BCUT2D eigenvalue weighted by atomic mass is 127. The Balaban J connectivity index is 3.54. The van der Waals surface area contributed by atoms with Crippen LogP contribution in [0.5, 0.6) is 0 Å². The quantitative estimate of drug-likeness (QED) is 0.342. The third kappa shape index (κ3) is 2.21. The smallest absolute Gasteiger partial charge is 0.198 e. The lowest BCUT2D eigenvalue weighted by atomic mass is 10.1. The lowest BCUT2D eigenvalue weighted by molar-refractivity contribution is 0.400. The maximum Gasteiger partial charge on any atom is 0.198 e. The minimum absolute atomic E-state index is 0.0586. The van der Waals surface area contributed by atoms with Crippen LogP contribution in [0.25, 0.3) is 0 Å². The van der Waals surface area contributed by atoms with E-state index in [1.54, 1.807) is 6.92 Å². The summed E-state index contributed by atoms with van der Waals surface area (Å²) < 4.78 is 55.7. The van der Waals surface area contributed by atoms with Crippen LogP contribution in [0, 0.1) is 26.8 Å². The molecule has 5 heteroatoms. The van der Waals surface area contributed by atoms with Gasteiger partial charge in [-0.05, 0) is 6.42 Å². The minimum atomic E-state index is -1.73. The second kappa shape index (κ2) is 5.05. The number of benzene rings is 1. The fourth-order valence-corrected chi connectivity index (χ4v) is 2.80. The Hall–Kier alpha value is -0.460. The van der Waals surface area contributed by atoms with Crippen LogP contribution < -0.4 is 0 Å². The zero-order chi connectivity index (χ0) is 11.6. The SMILES string of the molecule is C=Ic1c(F)c(F)c(F)c(F)c1CCC. The van der Waals surface area contributed by atoms with Crippen molar-refractivity contribution in [1.82, 2.24) is 0 Å². The van der Waals surface area contributed by atoms with Crippen LogP contribution in [-0.4, -0.2) is 4.51 Å². The molecule has 1 rings (SSSR count). The normalized spacial score (nSPS) is 10.7. The van der Waals surface area contributed by atoms with Gasteiger partial charge in [0.15, 0.2) is 23.3 Å². The Bertz CT molecular complexity index is 401. The molecular formula is C10H9F4I. The van der Waals surface area contributed by atoms with Gasteiger partial charge in [-0.15, -0.1) is 0 Å². The third-order valence-electron chi connectivity index (χ3n) is 1.93. The average molecular weight is 332 g/mol. The maximum atomic E-state index is 13.3. The molecule has 0 fully saturated rings. The molecule has 0 saturated heterocycles. The highest BCUT2D eigenvalue weighted by Gasteiger charge is 2.23. The molecule has 0 spiro atoms. The van der Waals surface area contributed by atoms with Gasteiger partial charge in [-0.1, -0.05) is 38.6 Å². The van der Waals surface area contributed by atoms with Gasteiger partial charge in [0.25, 0.3) is 0 Å². The standard InChI is InChI=1S/C10H9F4I/c1-3-4-5-6(11)7(12)8(13)9(14)10(5)15-2/h2-4H2,1H3. The van der Waals surface area contributed by atoms with E-state index >= 15 is 0 Å². The molecule has 1 aromatic carbocycles. The number of hydrogen-bond acceptors (Lipinski definition) is 0. The van der Waals surface area contributed by atoms with Crippen LogP contribution in [0.15, 0.2) is 0 Å². The van der Waals surface area contributed by atoms with Crippen molar-refractivity contribution in [2.75, 3.05) is 0 Å². The van der Waals surface area contributed by atoms with Gasteiger partial charge < -0.3 is 0 Å². The Labute approximate surface area is 95.0 Å². The van der Waals surface area contributed by atoms with Crippen molar-refractivity contribution in [1.29, 1.82) is 0 Å². The Kier molecular flexibility index (Phi) is 4.24. The van der Waals surface area contributed by atoms with E-state index in [1.807, 2.05) is 0 Å². The van der Waals surface area contributed by atoms with E-state index in [0.29, 0.717) is 6.42 Å². The van der Waals surface area contributed by atoms with E-state index in [0.717, 1.165) is 0 Å². The monoisotopic (exact) mass is 332 g/mol.